The van der Waals surface area contributed by atoms with E-state index in [1.54, 1.807) is 61.7 Å². The van der Waals surface area contributed by atoms with E-state index in [-0.39, 0.29) is 22.9 Å². The minimum Gasteiger partial charge on any atom is -0.497 e. The van der Waals surface area contributed by atoms with Gasteiger partial charge in [-0.15, -0.1) is 0 Å². The van der Waals surface area contributed by atoms with Crippen molar-refractivity contribution in [2.24, 2.45) is 0 Å². The molecule has 3 aromatic carbocycles. The van der Waals surface area contributed by atoms with Gasteiger partial charge in [0.2, 0.25) is 5.78 Å². The van der Waals surface area contributed by atoms with Gasteiger partial charge < -0.3 is 14.2 Å². The van der Waals surface area contributed by atoms with Crippen LogP contribution in [0.3, 0.4) is 0 Å². The summed E-state index contributed by atoms with van der Waals surface area (Å²) in [6.45, 7) is 0. The fourth-order valence-electron chi connectivity index (χ4n) is 2.87. The second-order valence-electron chi connectivity index (χ2n) is 6.24. The molecule has 3 aromatic rings. The van der Waals surface area contributed by atoms with Crippen molar-refractivity contribution in [2.75, 3.05) is 7.11 Å². The van der Waals surface area contributed by atoms with Crippen LogP contribution in [0.5, 0.6) is 17.2 Å². The molecule has 0 spiro atoms. The monoisotopic (exact) mass is 406 g/mol. The maximum Gasteiger partial charge on any atom is 0.345 e. The van der Waals surface area contributed by atoms with Crippen molar-refractivity contribution < 1.29 is 23.8 Å². The zero-order valence-corrected chi connectivity index (χ0v) is 16.1. The number of hydrogen-bond donors (Lipinski definition) is 0. The smallest absolute Gasteiger partial charge is 0.345 e. The van der Waals surface area contributed by atoms with Gasteiger partial charge in [0.05, 0.1) is 23.3 Å². The number of allylic oxidation sites excluding steroid dienone is 1. The average molecular weight is 407 g/mol. The van der Waals surface area contributed by atoms with Crippen molar-refractivity contribution in [3.8, 4) is 17.2 Å². The predicted octanol–water partition coefficient (Wildman–Crippen LogP) is 5.18. The maximum absolute atomic E-state index is 12.6. The molecule has 0 saturated carbocycles. The van der Waals surface area contributed by atoms with Crippen LogP contribution in [0.15, 0.2) is 72.5 Å². The number of fused-ring (bicyclic) bond motifs is 1. The highest BCUT2D eigenvalue weighted by Gasteiger charge is 2.28. The first-order chi connectivity index (χ1) is 14.0. The van der Waals surface area contributed by atoms with Crippen molar-refractivity contribution in [1.29, 1.82) is 0 Å². The third-order valence-corrected chi connectivity index (χ3v) is 4.69. The standard InChI is InChI=1S/C23H15ClO5/c1-27-15-8-6-14(7-9-15)12-21-22(25)18-11-10-16(13-20(18)29-21)28-23(26)17-4-2-3-5-19(17)24/h2-13H,1H3/b21-12-. The lowest BCUT2D eigenvalue weighted by Gasteiger charge is -2.06. The zero-order chi connectivity index (χ0) is 20.4. The fourth-order valence-corrected chi connectivity index (χ4v) is 3.08. The highest BCUT2D eigenvalue weighted by molar-refractivity contribution is 6.33. The first-order valence-corrected chi connectivity index (χ1v) is 9.12. The van der Waals surface area contributed by atoms with E-state index in [0.717, 1.165) is 11.3 Å². The van der Waals surface area contributed by atoms with Gasteiger partial charge in [-0.25, -0.2) is 4.79 Å². The maximum atomic E-state index is 12.6. The quantitative estimate of drug-likeness (QED) is 0.339. The number of benzene rings is 3. The van der Waals surface area contributed by atoms with Gasteiger partial charge >= 0.3 is 5.97 Å². The van der Waals surface area contributed by atoms with E-state index in [4.69, 9.17) is 25.8 Å². The summed E-state index contributed by atoms with van der Waals surface area (Å²) in [5.74, 6) is 0.680. The topological polar surface area (TPSA) is 61.8 Å². The SMILES string of the molecule is COc1ccc(/C=C2\Oc3cc(OC(=O)c4ccccc4Cl)ccc3C2=O)cc1. The molecule has 5 nitrogen and oxygen atoms in total. The second kappa shape index (κ2) is 7.81. The molecule has 29 heavy (non-hydrogen) atoms. The molecule has 144 valence electrons. The lowest BCUT2D eigenvalue weighted by molar-refractivity contribution is 0.0734. The molecule has 0 unspecified atom stereocenters. The van der Waals surface area contributed by atoms with Gasteiger partial charge in [0.15, 0.2) is 5.76 Å². The lowest BCUT2D eigenvalue weighted by Crippen LogP contribution is -2.09. The molecule has 1 aliphatic heterocycles. The second-order valence-corrected chi connectivity index (χ2v) is 6.65. The summed E-state index contributed by atoms with van der Waals surface area (Å²) >= 11 is 6.03. The van der Waals surface area contributed by atoms with E-state index in [0.29, 0.717) is 16.3 Å². The normalized spacial score (nSPS) is 13.7. The van der Waals surface area contributed by atoms with Crippen LogP contribution in [-0.2, 0) is 0 Å². The van der Waals surface area contributed by atoms with Crippen LogP contribution in [0.25, 0.3) is 6.08 Å². The van der Waals surface area contributed by atoms with Crippen LogP contribution in [0, 0.1) is 0 Å². The summed E-state index contributed by atoms with van der Waals surface area (Å²) in [5.41, 5.74) is 1.46. The molecule has 0 fully saturated rings. The minimum atomic E-state index is -0.589. The Hall–Kier alpha value is -3.57. The number of ketones is 1. The summed E-state index contributed by atoms with van der Waals surface area (Å²) in [7, 11) is 1.59. The van der Waals surface area contributed by atoms with Crippen molar-refractivity contribution in [3.05, 3.63) is 94.2 Å². The molecule has 0 N–H and O–H groups in total. The van der Waals surface area contributed by atoms with Crippen LogP contribution < -0.4 is 14.2 Å². The lowest BCUT2D eigenvalue weighted by atomic mass is 10.1. The third kappa shape index (κ3) is 3.86. The van der Waals surface area contributed by atoms with Crippen LogP contribution in [-0.4, -0.2) is 18.9 Å². The molecule has 1 heterocycles. The highest BCUT2D eigenvalue weighted by Crippen LogP contribution is 2.35. The molecule has 0 saturated heterocycles. The number of methoxy groups -OCH3 is 1. The van der Waals surface area contributed by atoms with Crippen molar-refractivity contribution >= 4 is 29.4 Å². The Morgan fingerprint density at radius 2 is 1.72 bits per heavy atom. The first-order valence-electron chi connectivity index (χ1n) is 8.74. The number of halogens is 1. The number of ether oxygens (including phenoxy) is 3. The Bertz CT molecular complexity index is 1130. The Labute approximate surface area is 172 Å². The molecule has 4 rings (SSSR count). The molecule has 0 amide bonds. The van der Waals surface area contributed by atoms with E-state index >= 15 is 0 Å². The van der Waals surface area contributed by atoms with Crippen LogP contribution >= 0.6 is 11.6 Å². The van der Waals surface area contributed by atoms with Gasteiger partial charge in [-0.2, -0.15) is 0 Å². The summed E-state index contributed by atoms with van der Waals surface area (Å²) in [5, 5.41) is 0.301. The Morgan fingerprint density at radius 1 is 1.00 bits per heavy atom. The number of esters is 1. The molecular formula is C23H15ClO5. The number of hydrogen-bond acceptors (Lipinski definition) is 5. The minimum absolute atomic E-state index is 0.194. The van der Waals surface area contributed by atoms with Crippen LogP contribution in [0.4, 0.5) is 0 Å². The van der Waals surface area contributed by atoms with Gasteiger partial charge in [0.1, 0.15) is 17.2 Å². The summed E-state index contributed by atoms with van der Waals surface area (Å²) in [6.07, 6.45) is 1.65. The highest BCUT2D eigenvalue weighted by atomic mass is 35.5. The Balaban J connectivity index is 1.54. The molecule has 0 bridgehead atoms. The van der Waals surface area contributed by atoms with Crippen molar-refractivity contribution in [3.63, 3.8) is 0 Å². The Kier molecular flexibility index (Phi) is 5.06. The van der Waals surface area contributed by atoms with Crippen LogP contribution in [0.1, 0.15) is 26.3 Å². The molecule has 0 radical (unpaired) electrons. The number of carbonyl (C=O) groups excluding carboxylic acids is 2. The third-order valence-electron chi connectivity index (χ3n) is 4.36. The van der Waals surface area contributed by atoms with Gasteiger partial charge in [-0.3, -0.25) is 4.79 Å². The first kappa shape index (κ1) is 18.8. The van der Waals surface area contributed by atoms with E-state index in [1.165, 1.54) is 6.07 Å². The molecule has 1 aliphatic rings. The molecule has 0 atom stereocenters. The number of rotatable bonds is 4. The molecule has 0 aromatic heterocycles. The summed E-state index contributed by atoms with van der Waals surface area (Å²) < 4.78 is 16.2. The molecule has 6 heteroatoms. The Morgan fingerprint density at radius 3 is 2.45 bits per heavy atom. The van der Waals surface area contributed by atoms with Gasteiger partial charge in [0.25, 0.3) is 0 Å². The molecule has 0 aliphatic carbocycles. The molecular weight excluding hydrogens is 392 g/mol. The number of carbonyl (C=O) groups is 2. The fraction of sp³-hybridized carbons (Fsp3) is 0.0435. The van der Waals surface area contributed by atoms with E-state index in [9.17, 15) is 9.59 Å². The van der Waals surface area contributed by atoms with Gasteiger partial charge in [0, 0.05) is 6.07 Å². The van der Waals surface area contributed by atoms with E-state index in [1.807, 2.05) is 12.1 Å². The average Bonchev–Trinajstić information content (AvgIpc) is 3.03. The predicted molar refractivity (Wildman–Crippen MR) is 109 cm³/mol. The van der Waals surface area contributed by atoms with Crippen molar-refractivity contribution in [1.82, 2.24) is 0 Å². The van der Waals surface area contributed by atoms with Gasteiger partial charge in [-0.1, -0.05) is 35.9 Å². The van der Waals surface area contributed by atoms with Crippen molar-refractivity contribution in [2.45, 2.75) is 0 Å². The van der Waals surface area contributed by atoms with Crippen LogP contribution in [0.2, 0.25) is 5.02 Å². The largest absolute Gasteiger partial charge is 0.497 e. The summed E-state index contributed by atoms with van der Waals surface area (Å²) in [4.78, 5) is 24.9. The van der Waals surface area contributed by atoms with E-state index in [2.05, 4.69) is 0 Å². The zero-order valence-electron chi connectivity index (χ0n) is 15.3. The van der Waals surface area contributed by atoms with Gasteiger partial charge in [-0.05, 0) is 48.0 Å². The van der Waals surface area contributed by atoms with E-state index < -0.39 is 5.97 Å². The summed E-state index contributed by atoms with van der Waals surface area (Å²) in [6, 6.07) is 18.5. The number of Topliss-reactive ketones (excluding diaryl/α,β-unsaturated/α-hetero) is 1.